The fraction of sp³-hybridized carbons (Fsp3) is 0.111. The van der Waals surface area contributed by atoms with Gasteiger partial charge >= 0.3 is 0 Å². The average molecular weight is 273 g/mol. The molecule has 0 aromatic heterocycles. The summed E-state index contributed by atoms with van der Waals surface area (Å²) in [5.41, 5.74) is 11.1. The molecule has 0 aliphatic heterocycles. The molecule has 0 unspecified atom stereocenters. The topological polar surface area (TPSA) is 106 Å². The smallest absolute Gasteiger partial charge is 0.272 e. The molecule has 0 bridgehead atoms. The first-order valence-corrected chi connectivity index (χ1v) is 6.32. The normalized spacial score (nSPS) is 10.9. The monoisotopic (exact) mass is 273 g/mol. The van der Waals surface area contributed by atoms with Gasteiger partial charge in [0.15, 0.2) is 5.11 Å². The zero-order valence-corrected chi connectivity index (χ0v) is 10.6. The largest absolute Gasteiger partial charge is 0.399 e. The van der Waals surface area contributed by atoms with E-state index in [0.717, 1.165) is 6.92 Å². The van der Waals surface area contributed by atoms with Crippen molar-refractivity contribution in [3.8, 4) is 0 Å². The molecular formula is C9H11N3O3S2. The number of nitrogens with zero attached hydrogens (tertiary/aromatic N) is 1. The lowest BCUT2D eigenvalue weighted by Gasteiger charge is -2.18. The number of anilines is 1. The fourth-order valence-corrected chi connectivity index (χ4v) is 2.88. The van der Waals surface area contributed by atoms with E-state index in [1.165, 1.54) is 24.3 Å². The first-order chi connectivity index (χ1) is 7.76. The molecule has 0 atom stereocenters. The number of hydrogen-bond acceptors (Lipinski definition) is 5. The van der Waals surface area contributed by atoms with Crippen molar-refractivity contribution in [3.63, 3.8) is 0 Å². The Morgan fingerprint density at radius 3 is 2.12 bits per heavy atom. The Kier molecular flexibility index (Phi) is 3.69. The Labute approximate surface area is 104 Å². The molecule has 1 amide bonds. The Morgan fingerprint density at radius 2 is 1.76 bits per heavy atom. The van der Waals surface area contributed by atoms with Crippen LogP contribution >= 0.6 is 12.2 Å². The lowest BCUT2D eigenvalue weighted by atomic mass is 10.3. The van der Waals surface area contributed by atoms with Crippen molar-refractivity contribution < 1.29 is 13.2 Å². The Hall–Kier alpha value is -1.67. The summed E-state index contributed by atoms with van der Waals surface area (Å²) in [6.07, 6.45) is 0. The minimum absolute atomic E-state index is 0.102. The molecule has 0 aliphatic rings. The van der Waals surface area contributed by atoms with Crippen LogP contribution in [0.5, 0.6) is 0 Å². The van der Waals surface area contributed by atoms with Crippen molar-refractivity contribution in [2.45, 2.75) is 11.8 Å². The molecule has 0 saturated heterocycles. The van der Waals surface area contributed by atoms with Gasteiger partial charge in [-0.1, -0.05) is 0 Å². The maximum atomic E-state index is 12.0. The molecule has 0 saturated carbocycles. The predicted molar refractivity (Wildman–Crippen MR) is 67.3 cm³/mol. The van der Waals surface area contributed by atoms with Crippen LogP contribution in [0.3, 0.4) is 0 Å². The molecule has 92 valence electrons. The molecule has 1 rings (SSSR count). The molecule has 0 radical (unpaired) electrons. The van der Waals surface area contributed by atoms with E-state index in [-0.39, 0.29) is 4.90 Å². The third-order valence-corrected chi connectivity index (χ3v) is 4.01. The maximum Gasteiger partial charge on any atom is 0.272 e. The van der Waals surface area contributed by atoms with Crippen molar-refractivity contribution in [2.24, 2.45) is 5.73 Å². The van der Waals surface area contributed by atoms with E-state index >= 15 is 0 Å². The molecule has 17 heavy (non-hydrogen) atoms. The maximum absolute atomic E-state index is 12.0. The van der Waals surface area contributed by atoms with Gasteiger partial charge in [0.1, 0.15) is 0 Å². The number of carbonyl (C=O) groups excluding carboxylic acids is 1. The van der Waals surface area contributed by atoms with E-state index in [2.05, 4.69) is 12.2 Å². The van der Waals surface area contributed by atoms with Gasteiger partial charge in [0.2, 0.25) is 5.91 Å². The van der Waals surface area contributed by atoms with Gasteiger partial charge < -0.3 is 11.5 Å². The summed E-state index contributed by atoms with van der Waals surface area (Å²) in [4.78, 5) is 11.1. The van der Waals surface area contributed by atoms with Gasteiger partial charge in [-0.05, 0) is 36.5 Å². The Bertz CT molecular complexity index is 537. The summed E-state index contributed by atoms with van der Waals surface area (Å²) in [6.45, 7) is 1.06. The summed E-state index contributed by atoms with van der Waals surface area (Å²) in [5.74, 6) is -0.769. The van der Waals surface area contributed by atoms with Gasteiger partial charge in [0, 0.05) is 12.6 Å². The van der Waals surface area contributed by atoms with Crippen molar-refractivity contribution >= 4 is 38.9 Å². The number of benzene rings is 1. The van der Waals surface area contributed by atoms with E-state index in [1.54, 1.807) is 0 Å². The number of amides is 1. The van der Waals surface area contributed by atoms with Crippen LogP contribution < -0.4 is 11.5 Å². The van der Waals surface area contributed by atoms with Crippen LogP contribution in [0.4, 0.5) is 5.69 Å². The molecule has 0 spiro atoms. The first-order valence-electron chi connectivity index (χ1n) is 4.47. The van der Waals surface area contributed by atoms with Gasteiger partial charge in [0.25, 0.3) is 10.0 Å². The van der Waals surface area contributed by atoms with Crippen molar-refractivity contribution in [3.05, 3.63) is 24.3 Å². The van der Waals surface area contributed by atoms with Crippen LogP contribution in [0, 0.1) is 0 Å². The van der Waals surface area contributed by atoms with Crippen molar-refractivity contribution in [1.29, 1.82) is 0 Å². The Morgan fingerprint density at radius 1 is 1.29 bits per heavy atom. The van der Waals surface area contributed by atoms with E-state index in [9.17, 15) is 13.2 Å². The second-order valence-electron chi connectivity index (χ2n) is 3.20. The number of sulfonamides is 1. The zero-order valence-electron chi connectivity index (χ0n) is 8.95. The van der Waals surface area contributed by atoms with Crippen molar-refractivity contribution in [2.75, 3.05) is 5.73 Å². The summed E-state index contributed by atoms with van der Waals surface area (Å²) in [7, 11) is -4.05. The molecule has 0 heterocycles. The molecular weight excluding hydrogens is 262 g/mol. The first kappa shape index (κ1) is 13.4. The lowest BCUT2D eigenvalue weighted by Crippen LogP contribution is -2.43. The van der Waals surface area contributed by atoms with Gasteiger partial charge in [-0.2, -0.15) is 4.31 Å². The molecule has 0 aliphatic carbocycles. The predicted octanol–water partition coefficient (Wildman–Crippen LogP) is 0.0496. The van der Waals surface area contributed by atoms with E-state index in [1.807, 2.05) is 0 Å². The van der Waals surface area contributed by atoms with Crippen LogP contribution in [-0.2, 0) is 14.8 Å². The van der Waals surface area contributed by atoms with Crippen LogP contribution in [0.25, 0.3) is 0 Å². The number of rotatable bonds is 2. The lowest BCUT2D eigenvalue weighted by molar-refractivity contribution is -0.121. The summed E-state index contributed by atoms with van der Waals surface area (Å²) in [5, 5.41) is -0.519. The third kappa shape index (κ3) is 2.71. The number of thiocarbonyl (C=S) groups is 1. The number of nitrogen functional groups attached to an aromatic ring is 1. The highest BCUT2D eigenvalue weighted by molar-refractivity contribution is 7.92. The highest BCUT2D eigenvalue weighted by atomic mass is 32.2. The van der Waals surface area contributed by atoms with Crippen LogP contribution in [-0.4, -0.2) is 23.7 Å². The Balaban J connectivity index is 3.31. The molecule has 6 nitrogen and oxygen atoms in total. The molecule has 1 aromatic rings. The van der Waals surface area contributed by atoms with Gasteiger partial charge in [0.05, 0.1) is 4.90 Å². The standard InChI is InChI=1S/C9H11N3O3S2/c1-6(13)12(9(11)16)17(14,15)8-4-2-7(10)3-5-8/h2-5H,10H2,1H3,(H2,11,16). The van der Waals surface area contributed by atoms with Gasteiger partial charge in [-0.15, -0.1) is 0 Å². The molecule has 4 N–H and O–H groups in total. The summed E-state index contributed by atoms with van der Waals surface area (Å²) < 4.78 is 24.4. The second kappa shape index (κ2) is 4.68. The van der Waals surface area contributed by atoms with Gasteiger partial charge in [-0.3, -0.25) is 4.79 Å². The van der Waals surface area contributed by atoms with E-state index in [0.29, 0.717) is 9.99 Å². The SMILES string of the molecule is CC(=O)N(C(N)=S)S(=O)(=O)c1ccc(N)cc1. The zero-order chi connectivity index (χ0) is 13.2. The fourth-order valence-electron chi connectivity index (χ4n) is 1.19. The average Bonchev–Trinajstić information content (AvgIpc) is 2.16. The second-order valence-corrected chi connectivity index (χ2v) is 5.40. The molecule has 0 fully saturated rings. The van der Waals surface area contributed by atoms with E-state index < -0.39 is 21.0 Å². The van der Waals surface area contributed by atoms with Crippen LogP contribution in [0.1, 0.15) is 6.92 Å². The number of nitrogens with two attached hydrogens (primary N) is 2. The summed E-state index contributed by atoms with van der Waals surface area (Å²) in [6, 6.07) is 5.37. The van der Waals surface area contributed by atoms with Crippen LogP contribution in [0.2, 0.25) is 0 Å². The molecule has 1 aromatic carbocycles. The van der Waals surface area contributed by atoms with E-state index in [4.69, 9.17) is 11.5 Å². The minimum atomic E-state index is -4.05. The van der Waals surface area contributed by atoms with Crippen LogP contribution in [0.15, 0.2) is 29.2 Å². The highest BCUT2D eigenvalue weighted by Gasteiger charge is 2.29. The van der Waals surface area contributed by atoms with Gasteiger partial charge in [-0.25, -0.2) is 8.42 Å². The third-order valence-electron chi connectivity index (χ3n) is 1.90. The highest BCUT2D eigenvalue weighted by Crippen LogP contribution is 2.17. The minimum Gasteiger partial charge on any atom is -0.399 e. The number of hydrogen-bond donors (Lipinski definition) is 2. The van der Waals surface area contributed by atoms with Crippen molar-refractivity contribution in [1.82, 2.24) is 4.31 Å². The summed E-state index contributed by atoms with van der Waals surface area (Å²) >= 11 is 4.55. The molecule has 8 heteroatoms. The number of carbonyl (C=O) groups is 1. The quantitative estimate of drug-likeness (QED) is 0.582.